The molecule has 0 aliphatic carbocycles. The van der Waals surface area contributed by atoms with E-state index in [1.54, 1.807) is 0 Å². The third kappa shape index (κ3) is 3.83. The first kappa shape index (κ1) is 18.7. The summed E-state index contributed by atoms with van der Waals surface area (Å²) >= 11 is 0. The Morgan fingerprint density at radius 3 is 2.59 bits per heavy atom. The minimum Gasteiger partial charge on any atom is -0.444 e. The molecule has 0 unspecified atom stereocenters. The summed E-state index contributed by atoms with van der Waals surface area (Å²) in [7, 11) is 1.91. The number of hydrogen-bond donors (Lipinski definition) is 2. The van der Waals surface area contributed by atoms with Crippen molar-refractivity contribution < 1.29 is 14.6 Å². The number of benzene rings is 3. The molecular weight excluding hydrogens is 366 g/mol. The largest absolute Gasteiger partial charge is 0.444 e. The number of imidazole rings is 1. The maximum absolute atomic E-state index is 12.3. The summed E-state index contributed by atoms with van der Waals surface area (Å²) in [6.07, 6.45) is -0.531. The molecule has 29 heavy (non-hydrogen) atoms. The first-order valence-electron chi connectivity index (χ1n) is 9.29. The van der Waals surface area contributed by atoms with Gasteiger partial charge in [0.2, 0.25) is 0 Å². The summed E-state index contributed by atoms with van der Waals surface area (Å²) in [5, 5.41) is 12.4. The molecular formula is C23H21N3O3. The maximum atomic E-state index is 12.3. The monoisotopic (exact) mass is 387 g/mol. The first-order valence-corrected chi connectivity index (χ1v) is 9.29. The molecule has 0 radical (unpaired) electrons. The Morgan fingerprint density at radius 2 is 1.79 bits per heavy atom. The van der Waals surface area contributed by atoms with Gasteiger partial charge >= 0.3 is 6.09 Å². The number of fused-ring (bicyclic) bond motifs is 1. The van der Waals surface area contributed by atoms with E-state index in [-0.39, 0.29) is 13.2 Å². The highest BCUT2D eigenvalue weighted by Crippen LogP contribution is 2.31. The average Bonchev–Trinajstić information content (AvgIpc) is 3.10. The molecule has 3 aromatic carbocycles. The zero-order chi connectivity index (χ0) is 20.2. The summed E-state index contributed by atoms with van der Waals surface area (Å²) < 4.78 is 7.29. The third-order valence-electron chi connectivity index (χ3n) is 4.78. The van der Waals surface area contributed by atoms with Crippen LogP contribution in [0.2, 0.25) is 0 Å². The van der Waals surface area contributed by atoms with Gasteiger partial charge in [-0.2, -0.15) is 0 Å². The van der Waals surface area contributed by atoms with E-state index in [4.69, 9.17) is 9.72 Å². The molecule has 0 fully saturated rings. The van der Waals surface area contributed by atoms with Gasteiger partial charge in [-0.25, -0.2) is 9.78 Å². The van der Waals surface area contributed by atoms with Crippen LogP contribution in [0.25, 0.3) is 22.4 Å². The van der Waals surface area contributed by atoms with E-state index in [9.17, 15) is 9.90 Å². The molecule has 6 nitrogen and oxygen atoms in total. The van der Waals surface area contributed by atoms with Crippen molar-refractivity contribution in [3.8, 4) is 11.4 Å². The lowest BCUT2D eigenvalue weighted by Crippen LogP contribution is -2.14. The van der Waals surface area contributed by atoms with E-state index in [0.717, 1.165) is 27.7 Å². The smallest absolute Gasteiger partial charge is 0.411 e. The Hall–Kier alpha value is -3.64. The molecule has 0 atom stereocenters. The van der Waals surface area contributed by atoms with E-state index in [1.807, 2.05) is 84.4 Å². The van der Waals surface area contributed by atoms with Crippen molar-refractivity contribution in [1.82, 2.24) is 9.55 Å². The quantitative estimate of drug-likeness (QED) is 0.529. The Labute approximate surface area is 168 Å². The predicted molar refractivity (Wildman–Crippen MR) is 112 cm³/mol. The molecule has 0 aliphatic heterocycles. The zero-order valence-corrected chi connectivity index (χ0v) is 16.0. The molecule has 146 valence electrons. The molecule has 0 saturated carbocycles. The number of ether oxygens (including phenoxy) is 1. The number of anilines is 1. The Kier molecular flexibility index (Phi) is 5.27. The van der Waals surface area contributed by atoms with E-state index in [1.165, 1.54) is 0 Å². The topological polar surface area (TPSA) is 76.4 Å². The Morgan fingerprint density at radius 1 is 1.03 bits per heavy atom. The van der Waals surface area contributed by atoms with Crippen LogP contribution in [0, 0.1) is 0 Å². The van der Waals surface area contributed by atoms with Gasteiger partial charge in [0, 0.05) is 18.2 Å². The fourth-order valence-electron chi connectivity index (χ4n) is 3.30. The maximum Gasteiger partial charge on any atom is 0.411 e. The van der Waals surface area contributed by atoms with Gasteiger partial charge in [0.05, 0.1) is 23.3 Å². The third-order valence-corrected chi connectivity index (χ3v) is 4.78. The summed E-state index contributed by atoms with van der Waals surface area (Å²) in [4.78, 5) is 17.1. The highest BCUT2D eigenvalue weighted by Gasteiger charge is 2.16. The molecule has 1 heterocycles. The van der Waals surface area contributed by atoms with Crippen molar-refractivity contribution >= 4 is 22.8 Å². The highest BCUT2D eigenvalue weighted by atomic mass is 16.5. The van der Waals surface area contributed by atoms with Crippen molar-refractivity contribution in [3.63, 3.8) is 0 Å². The lowest BCUT2D eigenvalue weighted by molar-refractivity contribution is 0.155. The number of aliphatic hydroxyl groups excluding tert-OH is 1. The van der Waals surface area contributed by atoms with Crippen LogP contribution in [0.3, 0.4) is 0 Å². The van der Waals surface area contributed by atoms with Gasteiger partial charge < -0.3 is 14.4 Å². The number of carbonyl (C=O) groups excluding carboxylic acids is 1. The SMILES string of the molecule is Cn1c(-c2ccccc2NC(=O)OCc2ccccc2)nc2c(CO)cccc21. The van der Waals surface area contributed by atoms with Crippen molar-refractivity contribution in [3.05, 3.63) is 83.9 Å². The van der Waals surface area contributed by atoms with Gasteiger partial charge in [0.25, 0.3) is 0 Å². The van der Waals surface area contributed by atoms with Crippen LogP contribution in [0.4, 0.5) is 10.5 Å². The van der Waals surface area contributed by atoms with Crippen LogP contribution in [-0.4, -0.2) is 20.8 Å². The van der Waals surface area contributed by atoms with E-state index in [0.29, 0.717) is 11.5 Å². The minimum absolute atomic E-state index is 0.0838. The van der Waals surface area contributed by atoms with Crippen LogP contribution in [0.5, 0.6) is 0 Å². The molecule has 0 saturated heterocycles. The molecule has 0 spiro atoms. The van der Waals surface area contributed by atoms with Gasteiger partial charge in [-0.05, 0) is 23.8 Å². The number of para-hydroxylation sites is 2. The number of carbonyl (C=O) groups is 1. The highest BCUT2D eigenvalue weighted by molar-refractivity contribution is 5.92. The lowest BCUT2D eigenvalue weighted by Gasteiger charge is -2.11. The number of rotatable bonds is 5. The molecule has 0 aliphatic rings. The van der Waals surface area contributed by atoms with E-state index < -0.39 is 6.09 Å². The molecule has 4 aromatic rings. The fraction of sp³-hybridized carbons (Fsp3) is 0.130. The summed E-state index contributed by atoms with van der Waals surface area (Å²) in [6, 6.07) is 22.7. The first-order chi connectivity index (χ1) is 14.2. The number of aliphatic hydroxyl groups is 1. The van der Waals surface area contributed by atoms with Crippen LogP contribution in [-0.2, 0) is 25.0 Å². The normalized spacial score (nSPS) is 10.8. The lowest BCUT2D eigenvalue weighted by atomic mass is 10.1. The second-order valence-corrected chi connectivity index (χ2v) is 6.67. The second-order valence-electron chi connectivity index (χ2n) is 6.67. The van der Waals surface area contributed by atoms with Crippen molar-refractivity contribution in [2.75, 3.05) is 5.32 Å². The molecule has 2 N–H and O–H groups in total. The number of nitrogens with zero attached hydrogens (tertiary/aromatic N) is 2. The number of aromatic nitrogens is 2. The summed E-state index contributed by atoms with van der Waals surface area (Å²) in [5.41, 5.74) is 4.71. The fourth-order valence-corrected chi connectivity index (χ4v) is 3.30. The van der Waals surface area contributed by atoms with Gasteiger partial charge in [0.15, 0.2) is 0 Å². The molecule has 6 heteroatoms. The van der Waals surface area contributed by atoms with E-state index in [2.05, 4.69) is 5.32 Å². The Balaban J connectivity index is 1.61. The van der Waals surface area contributed by atoms with Crippen molar-refractivity contribution in [2.24, 2.45) is 7.05 Å². The Bertz CT molecular complexity index is 1150. The summed E-state index contributed by atoms with van der Waals surface area (Å²) in [5.74, 6) is 0.694. The zero-order valence-electron chi connectivity index (χ0n) is 16.0. The predicted octanol–water partition coefficient (Wildman–Crippen LogP) is 4.48. The average molecular weight is 387 g/mol. The number of aryl methyl sites for hydroxylation is 1. The molecule has 0 bridgehead atoms. The van der Waals surface area contributed by atoms with Gasteiger partial charge in [-0.1, -0.05) is 54.6 Å². The van der Waals surface area contributed by atoms with Crippen LogP contribution in [0.1, 0.15) is 11.1 Å². The van der Waals surface area contributed by atoms with Crippen molar-refractivity contribution in [1.29, 1.82) is 0 Å². The van der Waals surface area contributed by atoms with Crippen molar-refractivity contribution in [2.45, 2.75) is 13.2 Å². The molecule has 4 rings (SSSR count). The van der Waals surface area contributed by atoms with Crippen LogP contribution >= 0.6 is 0 Å². The number of hydrogen-bond acceptors (Lipinski definition) is 4. The standard InChI is InChI=1S/C23H21N3O3/c1-26-20-13-7-10-17(14-27)21(20)25-22(26)18-11-5-6-12-19(18)24-23(28)29-15-16-8-3-2-4-9-16/h2-13,27H,14-15H2,1H3,(H,24,28). The van der Waals surface area contributed by atoms with Gasteiger partial charge in [-0.3, -0.25) is 5.32 Å². The van der Waals surface area contributed by atoms with Crippen LogP contribution < -0.4 is 5.32 Å². The van der Waals surface area contributed by atoms with Crippen LogP contribution in [0.15, 0.2) is 72.8 Å². The molecule has 1 amide bonds. The second kappa shape index (κ2) is 8.16. The summed E-state index contributed by atoms with van der Waals surface area (Å²) in [6.45, 7) is 0.112. The van der Waals surface area contributed by atoms with Gasteiger partial charge in [0.1, 0.15) is 12.4 Å². The van der Waals surface area contributed by atoms with Gasteiger partial charge in [-0.15, -0.1) is 0 Å². The number of nitrogens with one attached hydrogen (secondary N) is 1. The minimum atomic E-state index is -0.531. The van der Waals surface area contributed by atoms with E-state index >= 15 is 0 Å². The molecule has 1 aromatic heterocycles. The number of amides is 1.